The third kappa shape index (κ3) is 0.855. The summed E-state index contributed by atoms with van der Waals surface area (Å²) in [6, 6.07) is 1.22. The summed E-state index contributed by atoms with van der Waals surface area (Å²) in [6.07, 6.45) is -0.0417. The quantitative estimate of drug-likeness (QED) is 0.498. The van der Waals surface area contributed by atoms with E-state index in [-0.39, 0.29) is 18.3 Å². The van der Waals surface area contributed by atoms with E-state index in [0.29, 0.717) is 0 Å². The average molecular weight is 97.1 g/mol. The van der Waals surface area contributed by atoms with Crippen LogP contribution in [0.3, 0.4) is 0 Å². The molecule has 0 radical (unpaired) electrons. The molecule has 1 rings (SSSR count). The predicted octanol–water partition coefficient (Wildman–Crippen LogP) is 0.0588. The molecule has 1 heterocycles. The van der Waals surface area contributed by atoms with E-state index < -0.39 is 0 Å². The summed E-state index contributed by atoms with van der Waals surface area (Å²) in [7, 11) is 0. The lowest BCUT2D eigenvalue weighted by Crippen LogP contribution is -1.90. The molecule has 0 atom stereocenters. The SMILES string of the molecule is [2H]c1cc([2H])nc(N)n1. The van der Waals surface area contributed by atoms with E-state index in [1.54, 1.807) is 0 Å². The Kier molecular flexibility index (Phi) is 0.500. The normalized spacial score (nSPS) is 12.6. The van der Waals surface area contributed by atoms with Crippen molar-refractivity contribution < 1.29 is 2.74 Å². The van der Waals surface area contributed by atoms with Crippen LogP contribution in [0.25, 0.3) is 0 Å². The van der Waals surface area contributed by atoms with Crippen LogP contribution in [0.4, 0.5) is 5.95 Å². The van der Waals surface area contributed by atoms with Gasteiger partial charge in [0.2, 0.25) is 5.95 Å². The fourth-order valence-corrected chi connectivity index (χ4v) is 0.251. The van der Waals surface area contributed by atoms with Gasteiger partial charge in [-0.2, -0.15) is 0 Å². The second kappa shape index (κ2) is 1.55. The van der Waals surface area contributed by atoms with Gasteiger partial charge in [0.05, 0.1) is 2.74 Å². The van der Waals surface area contributed by atoms with E-state index in [2.05, 4.69) is 9.97 Å². The van der Waals surface area contributed by atoms with E-state index in [1.807, 2.05) is 0 Å². The fourth-order valence-electron chi connectivity index (χ4n) is 0.251. The summed E-state index contributed by atoms with van der Waals surface area (Å²) in [4.78, 5) is 6.90. The highest BCUT2D eigenvalue weighted by Gasteiger charge is 1.75. The Hall–Kier alpha value is -1.12. The Balaban J connectivity index is 3.17. The Morgan fingerprint density at radius 3 is 2.57 bits per heavy atom. The smallest absolute Gasteiger partial charge is 0.219 e. The van der Waals surface area contributed by atoms with Crippen LogP contribution in [0.15, 0.2) is 18.4 Å². The zero-order valence-corrected chi connectivity index (χ0v) is 3.55. The van der Waals surface area contributed by atoms with E-state index in [9.17, 15) is 0 Å². The van der Waals surface area contributed by atoms with Crippen LogP contribution in [0, 0.1) is 0 Å². The van der Waals surface area contributed by atoms with Crippen LogP contribution in [0.2, 0.25) is 0 Å². The van der Waals surface area contributed by atoms with Crippen molar-refractivity contribution in [3.05, 3.63) is 18.4 Å². The van der Waals surface area contributed by atoms with Crippen molar-refractivity contribution in [1.29, 1.82) is 0 Å². The molecule has 0 spiro atoms. The van der Waals surface area contributed by atoms with E-state index in [1.165, 1.54) is 6.07 Å². The van der Waals surface area contributed by atoms with Crippen molar-refractivity contribution in [2.45, 2.75) is 0 Å². The Morgan fingerprint density at radius 1 is 1.57 bits per heavy atom. The number of nitrogen functional groups attached to an aromatic ring is 1. The molecule has 3 nitrogen and oxygen atoms in total. The molecule has 0 aromatic carbocycles. The lowest BCUT2D eigenvalue weighted by Gasteiger charge is -1.82. The largest absolute Gasteiger partial charge is 0.368 e. The molecule has 3 heteroatoms. The fraction of sp³-hybridized carbons (Fsp3) is 0. The minimum Gasteiger partial charge on any atom is -0.368 e. The Labute approximate surface area is 44.0 Å². The first kappa shape index (κ1) is 2.26. The monoisotopic (exact) mass is 97.1 g/mol. The maximum absolute atomic E-state index is 6.93. The Morgan fingerprint density at radius 2 is 2.14 bits per heavy atom. The molecule has 0 aliphatic heterocycles. The summed E-state index contributed by atoms with van der Waals surface area (Å²) in [5.41, 5.74) is 5.10. The molecule has 0 aliphatic carbocycles. The lowest BCUT2D eigenvalue weighted by atomic mass is 10.7. The van der Waals surface area contributed by atoms with E-state index in [0.717, 1.165) is 0 Å². The van der Waals surface area contributed by atoms with Crippen LogP contribution in [0.1, 0.15) is 2.74 Å². The molecule has 7 heavy (non-hydrogen) atoms. The molecule has 0 aliphatic rings. The third-order valence-corrected chi connectivity index (χ3v) is 0.487. The van der Waals surface area contributed by atoms with E-state index >= 15 is 0 Å². The molecule has 0 saturated heterocycles. The Bertz CT molecular complexity index is 175. The van der Waals surface area contributed by atoms with Crippen molar-refractivity contribution in [3.63, 3.8) is 0 Å². The first-order chi connectivity index (χ1) is 4.18. The predicted molar refractivity (Wildman–Crippen MR) is 26.4 cm³/mol. The summed E-state index contributed by atoms with van der Waals surface area (Å²) in [5.74, 6) is -0.0208. The number of aromatic nitrogens is 2. The minimum atomic E-state index is -0.0208. The topological polar surface area (TPSA) is 51.8 Å². The van der Waals surface area contributed by atoms with Crippen molar-refractivity contribution in [2.24, 2.45) is 0 Å². The van der Waals surface area contributed by atoms with Gasteiger partial charge in [0.25, 0.3) is 0 Å². The summed E-state index contributed by atoms with van der Waals surface area (Å²) in [5, 5.41) is 0. The van der Waals surface area contributed by atoms with Gasteiger partial charge in [-0.3, -0.25) is 0 Å². The van der Waals surface area contributed by atoms with Crippen LogP contribution >= 0.6 is 0 Å². The van der Waals surface area contributed by atoms with Gasteiger partial charge in [0, 0.05) is 12.3 Å². The molecule has 36 valence electrons. The van der Waals surface area contributed by atoms with Gasteiger partial charge in [0.15, 0.2) is 0 Å². The molecule has 0 fully saturated rings. The van der Waals surface area contributed by atoms with Crippen LogP contribution in [-0.2, 0) is 0 Å². The number of rotatable bonds is 0. The maximum Gasteiger partial charge on any atom is 0.219 e. The van der Waals surface area contributed by atoms with E-state index in [4.69, 9.17) is 8.48 Å². The first-order valence-electron chi connectivity index (χ1n) is 2.76. The molecular formula is C4H5N3. The highest BCUT2D eigenvalue weighted by atomic mass is 15.0. The van der Waals surface area contributed by atoms with Crippen molar-refractivity contribution in [1.82, 2.24) is 9.97 Å². The van der Waals surface area contributed by atoms with Gasteiger partial charge in [-0.15, -0.1) is 0 Å². The molecule has 2 N–H and O–H groups in total. The number of hydrogen-bond donors (Lipinski definition) is 1. The average Bonchev–Trinajstić information content (AvgIpc) is 1.59. The van der Waals surface area contributed by atoms with Crippen LogP contribution < -0.4 is 5.73 Å². The lowest BCUT2D eigenvalue weighted by molar-refractivity contribution is 1.19. The maximum atomic E-state index is 6.93. The molecule has 0 unspecified atom stereocenters. The molecule has 1 aromatic heterocycles. The van der Waals surface area contributed by atoms with Gasteiger partial charge < -0.3 is 5.73 Å². The second-order valence-electron chi connectivity index (χ2n) is 0.984. The van der Waals surface area contributed by atoms with Gasteiger partial charge in [-0.05, 0) is 6.07 Å². The molecular weight excluding hydrogens is 90.1 g/mol. The zero-order chi connectivity index (χ0) is 6.85. The highest BCUT2D eigenvalue weighted by molar-refractivity contribution is 5.11. The van der Waals surface area contributed by atoms with Gasteiger partial charge in [-0.1, -0.05) is 0 Å². The number of nitrogens with two attached hydrogens (primary N) is 1. The molecule has 0 saturated carbocycles. The number of anilines is 1. The van der Waals surface area contributed by atoms with Crippen LogP contribution in [-0.4, -0.2) is 9.97 Å². The summed E-state index contributed by atoms with van der Waals surface area (Å²) < 4.78 is 13.9. The van der Waals surface area contributed by atoms with Crippen molar-refractivity contribution in [3.8, 4) is 0 Å². The van der Waals surface area contributed by atoms with Gasteiger partial charge in [0.1, 0.15) is 0 Å². The number of hydrogen-bond acceptors (Lipinski definition) is 3. The van der Waals surface area contributed by atoms with Crippen molar-refractivity contribution in [2.75, 3.05) is 5.73 Å². The van der Waals surface area contributed by atoms with Gasteiger partial charge in [-0.25, -0.2) is 9.97 Å². The van der Waals surface area contributed by atoms with Gasteiger partial charge >= 0.3 is 0 Å². The number of nitrogens with zero attached hydrogens (tertiary/aromatic N) is 2. The zero-order valence-electron chi connectivity index (χ0n) is 5.55. The second-order valence-corrected chi connectivity index (χ2v) is 0.984. The minimum absolute atomic E-state index is 0.0208. The summed E-state index contributed by atoms with van der Waals surface area (Å²) >= 11 is 0. The highest BCUT2D eigenvalue weighted by Crippen LogP contribution is 1.81. The van der Waals surface area contributed by atoms with Crippen LogP contribution in [0.5, 0.6) is 0 Å². The summed E-state index contributed by atoms with van der Waals surface area (Å²) in [6.45, 7) is 0. The molecule has 0 bridgehead atoms. The molecule has 0 amide bonds. The van der Waals surface area contributed by atoms with Crippen molar-refractivity contribution >= 4 is 5.95 Å². The standard InChI is InChI=1S/C4H5N3/c5-4-6-2-1-3-7-4/h1-3H,(H2,5,6,7)/i2D,3D. The molecule has 1 aromatic rings. The first-order valence-corrected chi connectivity index (χ1v) is 1.76. The third-order valence-electron chi connectivity index (χ3n) is 0.487.